The van der Waals surface area contributed by atoms with Crippen LogP contribution in [-0.2, 0) is 0 Å². The molecule has 2 rings (SSSR count). The summed E-state index contributed by atoms with van der Waals surface area (Å²) in [5, 5.41) is 3.15. The fourth-order valence-corrected chi connectivity index (χ4v) is 3.97. The molecule has 1 nitrogen and oxygen atoms in total. The van der Waals surface area contributed by atoms with Gasteiger partial charge >= 0.3 is 5.51 Å². The van der Waals surface area contributed by atoms with Gasteiger partial charge in [-0.1, -0.05) is 11.8 Å². The Kier molecular flexibility index (Phi) is 3.46. The van der Waals surface area contributed by atoms with Crippen LogP contribution in [0.15, 0.2) is 0 Å². The molecular weight excluding hydrogens is 235 g/mol. The van der Waals surface area contributed by atoms with Crippen molar-refractivity contribution >= 4 is 11.8 Å². The Bertz CT molecular complexity index is 244. The number of halogens is 3. The second-order valence-electron chi connectivity index (χ2n) is 5.24. The van der Waals surface area contributed by atoms with Crippen molar-refractivity contribution in [2.75, 3.05) is 19.3 Å². The molecule has 0 aromatic carbocycles. The van der Waals surface area contributed by atoms with Crippen molar-refractivity contribution in [3.63, 3.8) is 0 Å². The van der Waals surface area contributed by atoms with E-state index in [9.17, 15) is 13.2 Å². The van der Waals surface area contributed by atoms with E-state index in [4.69, 9.17) is 0 Å². The summed E-state index contributed by atoms with van der Waals surface area (Å²) in [6, 6.07) is 0. The first-order valence-electron chi connectivity index (χ1n) is 5.79. The Morgan fingerprint density at radius 3 is 2.44 bits per heavy atom. The molecule has 5 heteroatoms. The molecule has 2 unspecified atom stereocenters. The third-order valence-corrected chi connectivity index (χ3v) is 4.64. The van der Waals surface area contributed by atoms with Gasteiger partial charge in [-0.25, -0.2) is 0 Å². The molecule has 0 radical (unpaired) electrons. The van der Waals surface area contributed by atoms with Crippen LogP contribution in [0.3, 0.4) is 0 Å². The van der Waals surface area contributed by atoms with Gasteiger partial charge in [0.2, 0.25) is 0 Å². The summed E-state index contributed by atoms with van der Waals surface area (Å²) in [4.78, 5) is 0. The summed E-state index contributed by atoms with van der Waals surface area (Å²) in [5.74, 6) is 1.86. The maximum absolute atomic E-state index is 12.1. The maximum Gasteiger partial charge on any atom is 0.441 e. The molecule has 0 saturated heterocycles. The highest BCUT2D eigenvalue weighted by molar-refractivity contribution is 8.00. The van der Waals surface area contributed by atoms with Crippen LogP contribution in [0, 0.1) is 17.3 Å². The van der Waals surface area contributed by atoms with Crippen LogP contribution in [0.4, 0.5) is 13.2 Å². The molecule has 2 saturated carbocycles. The largest absolute Gasteiger partial charge is 0.441 e. The van der Waals surface area contributed by atoms with E-state index < -0.39 is 5.51 Å². The van der Waals surface area contributed by atoms with Gasteiger partial charge in [-0.15, -0.1) is 0 Å². The molecule has 0 aromatic rings. The molecule has 2 fully saturated rings. The van der Waals surface area contributed by atoms with E-state index in [2.05, 4.69) is 5.32 Å². The van der Waals surface area contributed by atoms with E-state index in [-0.39, 0.29) is 22.9 Å². The van der Waals surface area contributed by atoms with Crippen molar-refractivity contribution in [3.05, 3.63) is 0 Å². The second kappa shape index (κ2) is 4.41. The molecule has 0 heterocycles. The molecule has 2 atom stereocenters. The summed E-state index contributed by atoms with van der Waals surface area (Å²) < 4.78 is 36.2. The van der Waals surface area contributed by atoms with Crippen LogP contribution in [0.25, 0.3) is 0 Å². The fraction of sp³-hybridized carbons (Fsp3) is 1.00. The second-order valence-corrected chi connectivity index (χ2v) is 6.40. The lowest BCUT2D eigenvalue weighted by atomic mass is 9.80. The van der Waals surface area contributed by atoms with Crippen LogP contribution >= 0.6 is 11.8 Å². The maximum atomic E-state index is 12.1. The molecule has 0 spiro atoms. The number of rotatable bonds is 5. The van der Waals surface area contributed by atoms with E-state index in [0.29, 0.717) is 6.42 Å². The summed E-state index contributed by atoms with van der Waals surface area (Å²) in [6.07, 6.45) is 4.29. The molecule has 1 N–H and O–H groups in total. The van der Waals surface area contributed by atoms with Gasteiger partial charge in [0.25, 0.3) is 0 Å². The topological polar surface area (TPSA) is 12.0 Å². The van der Waals surface area contributed by atoms with Crippen molar-refractivity contribution in [2.24, 2.45) is 17.3 Å². The van der Waals surface area contributed by atoms with Gasteiger partial charge in [-0.2, -0.15) is 13.2 Å². The van der Waals surface area contributed by atoms with Gasteiger partial charge in [0.05, 0.1) is 0 Å². The van der Waals surface area contributed by atoms with E-state index in [1.54, 1.807) is 0 Å². The minimum Gasteiger partial charge on any atom is -0.319 e. The number of hydrogen-bond donors (Lipinski definition) is 1. The molecule has 0 bridgehead atoms. The van der Waals surface area contributed by atoms with E-state index in [1.807, 2.05) is 7.05 Å². The minimum absolute atomic E-state index is 0.133. The zero-order chi connectivity index (χ0) is 11.8. The Hall–Kier alpha value is 0.100. The Balaban J connectivity index is 1.79. The Morgan fingerprint density at radius 2 is 1.94 bits per heavy atom. The van der Waals surface area contributed by atoms with E-state index in [1.165, 1.54) is 6.42 Å². The van der Waals surface area contributed by atoms with Gasteiger partial charge in [0.15, 0.2) is 0 Å². The lowest BCUT2D eigenvalue weighted by molar-refractivity contribution is -0.0329. The third-order valence-electron chi connectivity index (χ3n) is 3.91. The van der Waals surface area contributed by atoms with Crippen molar-refractivity contribution in [2.45, 2.75) is 31.2 Å². The van der Waals surface area contributed by atoms with Crippen molar-refractivity contribution in [1.82, 2.24) is 5.32 Å². The van der Waals surface area contributed by atoms with Gasteiger partial charge < -0.3 is 5.32 Å². The summed E-state index contributed by atoms with van der Waals surface area (Å²) in [7, 11) is 1.89. The lowest BCUT2D eigenvalue weighted by Gasteiger charge is -2.30. The monoisotopic (exact) mass is 253 g/mol. The number of nitrogens with one attached hydrogen (secondary N) is 1. The highest BCUT2D eigenvalue weighted by Gasteiger charge is 2.53. The summed E-state index contributed by atoms with van der Waals surface area (Å²) >= 11 is 0.133. The number of fused-ring (bicyclic) bond motifs is 1. The average molecular weight is 253 g/mol. The van der Waals surface area contributed by atoms with Crippen molar-refractivity contribution < 1.29 is 13.2 Å². The SMILES string of the molecule is CNCC1(CCSC(F)(F)F)CC2CC2C1. The average Bonchev–Trinajstić information content (AvgIpc) is 2.73. The zero-order valence-electron chi connectivity index (χ0n) is 9.44. The number of alkyl halides is 3. The molecule has 2 aliphatic rings. The highest BCUT2D eigenvalue weighted by Crippen LogP contribution is 2.61. The van der Waals surface area contributed by atoms with Crippen LogP contribution in [0.2, 0.25) is 0 Å². The fourth-order valence-electron chi connectivity index (χ4n) is 3.20. The standard InChI is InChI=1S/C11H18F3NS/c1-15-7-10(2-3-16-11(12,13)14)5-8-4-9(8)6-10/h8-9,15H,2-7H2,1H3. The number of thioether (sulfide) groups is 1. The van der Waals surface area contributed by atoms with Crippen LogP contribution in [0.1, 0.15) is 25.7 Å². The normalized spacial score (nSPS) is 37.5. The predicted molar refractivity (Wildman–Crippen MR) is 60.3 cm³/mol. The molecule has 16 heavy (non-hydrogen) atoms. The molecular formula is C11H18F3NS. The van der Waals surface area contributed by atoms with Crippen LogP contribution in [0.5, 0.6) is 0 Å². The highest BCUT2D eigenvalue weighted by atomic mass is 32.2. The third kappa shape index (κ3) is 3.06. The zero-order valence-corrected chi connectivity index (χ0v) is 10.3. The summed E-state index contributed by atoms with van der Waals surface area (Å²) in [5.41, 5.74) is -3.91. The molecule has 2 aliphatic carbocycles. The van der Waals surface area contributed by atoms with Crippen LogP contribution in [-0.4, -0.2) is 24.9 Å². The summed E-state index contributed by atoms with van der Waals surface area (Å²) in [6.45, 7) is 0.873. The van der Waals surface area contributed by atoms with Gasteiger partial charge in [-0.3, -0.25) is 0 Å². The smallest absolute Gasteiger partial charge is 0.319 e. The predicted octanol–water partition coefficient (Wildman–Crippen LogP) is 3.27. The van der Waals surface area contributed by atoms with Crippen LogP contribution < -0.4 is 5.32 Å². The van der Waals surface area contributed by atoms with Gasteiger partial charge in [-0.05, 0) is 50.0 Å². The van der Waals surface area contributed by atoms with E-state index >= 15 is 0 Å². The van der Waals surface area contributed by atoms with Crippen molar-refractivity contribution in [3.8, 4) is 0 Å². The van der Waals surface area contributed by atoms with E-state index in [0.717, 1.165) is 31.2 Å². The first kappa shape index (κ1) is 12.6. The van der Waals surface area contributed by atoms with Gasteiger partial charge in [0, 0.05) is 12.3 Å². The minimum atomic E-state index is -4.07. The lowest BCUT2D eigenvalue weighted by Crippen LogP contribution is -2.32. The molecule has 94 valence electrons. The molecule has 0 amide bonds. The Morgan fingerprint density at radius 1 is 1.31 bits per heavy atom. The first-order valence-corrected chi connectivity index (χ1v) is 6.78. The van der Waals surface area contributed by atoms with Gasteiger partial charge in [0.1, 0.15) is 0 Å². The Labute approximate surface area is 98.5 Å². The molecule has 0 aromatic heterocycles. The first-order chi connectivity index (χ1) is 7.44. The number of hydrogen-bond acceptors (Lipinski definition) is 2. The molecule has 0 aliphatic heterocycles. The van der Waals surface area contributed by atoms with Crippen molar-refractivity contribution in [1.29, 1.82) is 0 Å². The quantitative estimate of drug-likeness (QED) is 0.807.